The highest BCUT2D eigenvalue weighted by Gasteiger charge is 2.54. The van der Waals surface area contributed by atoms with E-state index in [9.17, 15) is 19.5 Å². The number of thiazole rings is 1. The Balaban J connectivity index is 1.36. The molecular formula is C21H19N6O6S2+. The summed E-state index contributed by atoms with van der Waals surface area (Å²) in [4.78, 5) is 48.0. The summed E-state index contributed by atoms with van der Waals surface area (Å²) < 4.78 is 7.22. The molecule has 0 aromatic carbocycles. The summed E-state index contributed by atoms with van der Waals surface area (Å²) in [5.41, 5.74) is 6.90. The quantitative estimate of drug-likeness (QED) is 0.176. The van der Waals surface area contributed by atoms with Crippen LogP contribution in [0.15, 0.2) is 57.0 Å². The molecular weight excluding hydrogens is 496 g/mol. The van der Waals surface area contributed by atoms with Gasteiger partial charge in [0.1, 0.15) is 29.9 Å². The highest BCUT2D eigenvalue weighted by Crippen LogP contribution is 2.40. The molecule has 0 aliphatic carbocycles. The maximum absolute atomic E-state index is 13.0. The number of nitrogens with two attached hydrogens (primary N) is 1. The van der Waals surface area contributed by atoms with Crippen molar-refractivity contribution in [3.05, 3.63) is 53.1 Å². The topological polar surface area (TPSA) is 164 Å². The van der Waals surface area contributed by atoms with Gasteiger partial charge >= 0.3 is 5.97 Å². The molecule has 1 fully saturated rings. The van der Waals surface area contributed by atoms with Gasteiger partial charge in [0.2, 0.25) is 6.20 Å². The molecule has 1 unspecified atom stereocenters. The number of fused-ring (bicyclic) bond motifs is 2. The van der Waals surface area contributed by atoms with Gasteiger partial charge in [-0.25, -0.2) is 9.78 Å². The third-order valence-corrected chi connectivity index (χ3v) is 7.54. The van der Waals surface area contributed by atoms with Gasteiger partial charge in [-0.2, -0.15) is 4.57 Å². The van der Waals surface area contributed by atoms with Crippen LogP contribution in [0.25, 0.3) is 11.0 Å². The Labute approximate surface area is 206 Å². The number of carbonyl (C=O) groups excluding carboxylic acids is 2. The van der Waals surface area contributed by atoms with Gasteiger partial charge in [0.25, 0.3) is 11.8 Å². The normalized spacial score (nSPS) is 20.0. The van der Waals surface area contributed by atoms with Gasteiger partial charge < -0.3 is 25.4 Å². The predicted octanol–water partition coefficient (Wildman–Crippen LogP) is 0.548. The second-order valence-corrected chi connectivity index (χ2v) is 9.66. The van der Waals surface area contributed by atoms with Crippen molar-refractivity contribution in [2.24, 2.45) is 5.16 Å². The first kappa shape index (κ1) is 22.9. The summed E-state index contributed by atoms with van der Waals surface area (Å²) in [7, 11) is 1.28. The molecule has 2 amide bonds. The number of carboxylic acids is 1. The zero-order valence-electron chi connectivity index (χ0n) is 18.2. The monoisotopic (exact) mass is 515 g/mol. The Morgan fingerprint density at radius 3 is 3.00 bits per heavy atom. The van der Waals surface area contributed by atoms with Crippen LogP contribution in [0.3, 0.4) is 0 Å². The lowest BCUT2D eigenvalue weighted by Crippen LogP contribution is -2.71. The summed E-state index contributed by atoms with van der Waals surface area (Å²) in [6.45, 7) is 0.273. The number of hydrogen-bond acceptors (Lipinski definition) is 10. The SMILES string of the molecule is CON=C(C(=O)NC1C(=O)N2C(C(=O)O)=C(C[n+]3ccc4ccoc4c3)CS[C@H]12)c1csc(N)n1. The molecule has 0 saturated carbocycles. The molecule has 2 atom stereocenters. The minimum absolute atomic E-state index is 0.0747. The van der Waals surface area contributed by atoms with Crippen molar-refractivity contribution in [1.29, 1.82) is 0 Å². The average Bonchev–Trinajstić information content (AvgIpc) is 3.48. The fourth-order valence-electron chi connectivity index (χ4n) is 3.97. The largest absolute Gasteiger partial charge is 0.477 e. The molecule has 0 radical (unpaired) electrons. The molecule has 1 saturated heterocycles. The molecule has 0 spiro atoms. The number of oxime groups is 1. The van der Waals surface area contributed by atoms with E-state index in [1.165, 1.54) is 23.8 Å². The fourth-order valence-corrected chi connectivity index (χ4v) is 5.85. The number of nitrogens with zero attached hydrogens (tertiary/aromatic N) is 4. The Hall–Kier alpha value is -3.91. The summed E-state index contributed by atoms with van der Waals surface area (Å²) >= 11 is 2.50. The van der Waals surface area contributed by atoms with E-state index in [0.29, 0.717) is 16.9 Å². The van der Waals surface area contributed by atoms with Crippen LogP contribution in [0.1, 0.15) is 5.69 Å². The average molecular weight is 516 g/mol. The number of thioether (sulfide) groups is 1. The third-order valence-electron chi connectivity index (χ3n) is 5.53. The summed E-state index contributed by atoms with van der Waals surface area (Å²) in [5, 5.41) is 18.4. The van der Waals surface area contributed by atoms with Crippen LogP contribution in [0, 0.1) is 0 Å². The fraction of sp³-hybridized carbons (Fsp3) is 0.238. The van der Waals surface area contributed by atoms with E-state index < -0.39 is 29.2 Å². The number of furan rings is 1. The number of amides is 2. The minimum atomic E-state index is -1.21. The number of aliphatic carboxylic acids is 1. The van der Waals surface area contributed by atoms with Crippen LogP contribution in [-0.2, 0) is 25.8 Å². The molecule has 3 aromatic rings. The number of rotatable bonds is 7. The van der Waals surface area contributed by atoms with Gasteiger partial charge in [-0.05, 0) is 6.07 Å². The zero-order valence-corrected chi connectivity index (χ0v) is 19.8. The Kier molecular flexibility index (Phi) is 5.90. The van der Waals surface area contributed by atoms with Crippen LogP contribution in [-0.4, -0.2) is 62.8 Å². The first-order chi connectivity index (χ1) is 16.9. The number of anilines is 1. The van der Waals surface area contributed by atoms with Crippen LogP contribution in [0.2, 0.25) is 0 Å². The lowest BCUT2D eigenvalue weighted by molar-refractivity contribution is -0.688. The molecule has 2 aliphatic rings. The molecule has 14 heteroatoms. The molecule has 3 aromatic heterocycles. The molecule has 12 nitrogen and oxygen atoms in total. The van der Waals surface area contributed by atoms with Crippen molar-refractivity contribution in [2.45, 2.75) is 18.0 Å². The number of nitrogen functional groups attached to an aromatic ring is 1. The highest BCUT2D eigenvalue weighted by molar-refractivity contribution is 8.00. The van der Waals surface area contributed by atoms with Crippen molar-refractivity contribution in [2.75, 3.05) is 18.6 Å². The van der Waals surface area contributed by atoms with Gasteiger partial charge in [0, 0.05) is 28.2 Å². The smallest absolute Gasteiger partial charge is 0.352 e. The molecule has 4 N–H and O–H groups in total. The van der Waals surface area contributed by atoms with E-state index in [4.69, 9.17) is 15.0 Å². The van der Waals surface area contributed by atoms with E-state index in [2.05, 4.69) is 15.5 Å². The van der Waals surface area contributed by atoms with E-state index in [1.807, 2.05) is 22.9 Å². The maximum atomic E-state index is 13.0. The van der Waals surface area contributed by atoms with Crippen LogP contribution >= 0.6 is 23.1 Å². The number of carboxylic acid groups (broad SMARTS) is 1. The van der Waals surface area contributed by atoms with Crippen LogP contribution < -0.4 is 15.6 Å². The van der Waals surface area contributed by atoms with E-state index >= 15 is 0 Å². The molecule has 0 bridgehead atoms. The second-order valence-electron chi connectivity index (χ2n) is 7.67. The molecule has 2 aliphatic heterocycles. The van der Waals surface area contributed by atoms with Crippen molar-refractivity contribution in [3.63, 3.8) is 0 Å². The number of aromatic nitrogens is 2. The Morgan fingerprint density at radius 1 is 1.46 bits per heavy atom. The van der Waals surface area contributed by atoms with E-state index in [-0.39, 0.29) is 28.8 Å². The number of nitrogens with one attached hydrogen (secondary N) is 1. The Bertz CT molecular complexity index is 1410. The first-order valence-electron chi connectivity index (χ1n) is 10.3. The molecule has 180 valence electrons. The highest BCUT2D eigenvalue weighted by atomic mass is 32.2. The van der Waals surface area contributed by atoms with E-state index in [0.717, 1.165) is 16.7 Å². The zero-order chi connectivity index (χ0) is 24.7. The van der Waals surface area contributed by atoms with Gasteiger partial charge in [0.15, 0.2) is 29.2 Å². The summed E-state index contributed by atoms with van der Waals surface area (Å²) in [5.74, 6) is -2.04. The van der Waals surface area contributed by atoms with Gasteiger partial charge in [-0.15, -0.1) is 23.1 Å². The summed E-state index contributed by atoms with van der Waals surface area (Å²) in [6, 6.07) is 2.78. The first-order valence-corrected chi connectivity index (χ1v) is 12.2. The standard InChI is InChI=1S/C21H18N6O6S2/c1-32-25-14(12-9-35-21(22)23-12)17(28)24-15-18(29)27-16(20(30)31)11(8-34-19(15)27)6-26-4-2-10-3-5-33-13(10)7-26/h2-5,7,9,15,19H,6,8H2,1H3,(H3-,22,23,24,28,30,31)/p+1/t15?,19-/m1/s1. The van der Waals surface area contributed by atoms with Gasteiger partial charge in [0.05, 0.1) is 6.26 Å². The van der Waals surface area contributed by atoms with Gasteiger partial charge in [-0.1, -0.05) is 5.16 Å². The minimum Gasteiger partial charge on any atom is -0.477 e. The predicted molar refractivity (Wildman–Crippen MR) is 126 cm³/mol. The molecule has 35 heavy (non-hydrogen) atoms. The third kappa shape index (κ3) is 4.10. The molecule has 5 heterocycles. The maximum Gasteiger partial charge on any atom is 0.352 e. The van der Waals surface area contributed by atoms with Crippen molar-refractivity contribution in [1.82, 2.24) is 15.2 Å². The van der Waals surface area contributed by atoms with Crippen molar-refractivity contribution in [3.8, 4) is 0 Å². The van der Waals surface area contributed by atoms with E-state index in [1.54, 1.807) is 17.8 Å². The number of pyridine rings is 1. The Morgan fingerprint density at radius 2 is 2.29 bits per heavy atom. The lowest BCUT2D eigenvalue weighted by atomic mass is 10.0. The summed E-state index contributed by atoms with van der Waals surface area (Å²) in [6.07, 6.45) is 5.18. The molecule has 5 rings (SSSR count). The van der Waals surface area contributed by atoms with Gasteiger partial charge in [-0.3, -0.25) is 14.5 Å². The number of carbonyl (C=O) groups is 3. The van der Waals surface area contributed by atoms with Crippen LogP contribution in [0.4, 0.5) is 5.13 Å². The lowest BCUT2D eigenvalue weighted by Gasteiger charge is -2.49. The van der Waals surface area contributed by atoms with Crippen molar-refractivity contribution < 1.29 is 33.3 Å². The second kappa shape index (κ2) is 9.03. The number of hydrogen-bond donors (Lipinski definition) is 3. The number of β-lactam (4-membered cyclic amide) rings is 1. The van der Waals surface area contributed by atoms with Crippen LogP contribution in [0.5, 0.6) is 0 Å². The van der Waals surface area contributed by atoms with Crippen molar-refractivity contribution >= 4 is 62.7 Å².